The molecule has 5 nitrogen and oxygen atoms in total. The van der Waals surface area contributed by atoms with Crippen LogP contribution < -0.4 is 0 Å². The molecule has 0 aliphatic carbocycles. The van der Waals surface area contributed by atoms with Gasteiger partial charge in [0.2, 0.25) is 5.95 Å². The predicted octanol–water partition coefficient (Wildman–Crippen LogP) is 4.52. The van der Waals surface area contributed by atoms with Gasteiger partial charge in [0, 0.05) is 18.9 Å². The molecule has 144 valence electrons. The number of hydrogen-bond donors (Lipinski definition) is 0. The maximum Gasteiger partial charge on any atom is 0.416 e. The van der Waals surface area contributed by atoms with Crippen LogP contribution in [0.2, 0.25) is 0 Å². The van der Waals surface area contributed by atoms with E-state index in [1.54, 1.807) is 27.6 Å². The maximum absolute atomic E-state index is 13.5. The zero-order valence-corrected chi connectivity index (χ0v) is 14.8. The van der Waals surface area contributed by atoms with Crippen molar-refractivity contribution < 1.29 is 17.6 Å². The lowest BCUT2D eigenvalue weighted by atomic mass is 10.2. The van der Waals surface area contributed by atoms with Crippen LogP contribution in [-0.2, 0) is 19.3 Å². The summed E-state index contributed by atoms with van der Waals surface area (Å²) in [4.78, 5) is 12.6. The van der Waals surface area contributed by atoms with E-state index >= 15 is 0 Å². The number of fused-ring (bicyclic) bond motifs is 1. The largest absolute Gasteiger partial charge is 0.416 e. The van der Waals surface area contributed by atoms with E-state index in [1.165, 1.54) is 18.2 Å². The number of benzene rings is 1. The van der Waals surface area contributed by atoms with Crippen molar-refractivity contribution in [1.29, 1.82) is 0 Å². The van der Waals surface area contributed by atoms with Gasteiger partial charge in [-0.3, -0.25) is 0 Å². The van der Waals surface area contributed by atoms with Gasteiger partial charge in [-0.15, -0.1) is 0 Å². The second-order valence-corrected chi connectivity index (χ2v) is 6.20. The molecule has 0 saturated heterocycles. The SMILES string of the molecule is CCn1c(Cn2ccnc2-c2cccc(F)n2)nc2ccc(C(F)(F)F)cc21. The lowest BCUT2D eigenvalue weighted by molar-refractivity contribution is -0.137. The number of nitrogens with zero attached hydrogens (tertiary/aromatic N) is 5. The van der Waals surface area contributed by atoms with Crippen molar-refractivity contribution in [3.63, 3.8) is 0 Å². The molecule has 3 heterocycles. The van der Waals surface area contributed by atoms with Crippen LogP contribution in [0.1, 0.15) is 18.3 Å². The highest BCUT2D eigenvalue weighted by Gasteiger charge is 2.31. The molecule has 0 amide bonds. The van der Waals surface area contributed by atoms with Crippen LogP contribution in [0, 0.1) is 5.95 Å². The summed E-state index contributed by atoms with van der Waals surface area (Å²) in [6, 6.07) is 7.93. The molecule has 1 aromatic carbocycles. The summed E-state index contributed by atoms with van der Waals surface area (Å²) in [5.74, 6) is 0.408. The van der Waals surface area contributed by atoms with Gasteiger partial charge in [0.15, 0.2) is 5.82 Å². The van der Waals surface area contributed by atoms with Crippen LogP contribution >= 0.6 is 0 Å². The Labute approximate surface area is 157 Å². The van der Waals surface area contributed by atoms with E-state index in [4.69, 9.17) is 0 Å². The van der Waals surface area contributed by atoms with Gasteiger partial charge >= 0.3 is 6.18 Å². The maximum atomic E-state index is 13.5. The molecule has 0 aliphatic heterocycles. The highest BCUT2D eigenvalue weighted by molar-refractivity contribution is 5.77. The van der Waals surface area contributed by atoms with Crippen molar-refractivity contribution in [1.82, 2.24) is 24.1 Å². The molecule has 4 rings (SSSR count). The number of aryl methyl sites for hydroxylation is 1. The third-order valence-corrected chi connectivity index (χ3v) is 4.44. The Bertz CT molecular complexity index is 1140. The first-order chi connectivity index (χ1) is 13.4. The zero-order valence-electron chi connectivity index (χ0n) is 14.8. The molecule has 0 saturated carbocycles. The van der Waals surface area contributed by atoms with E-state index in [2.05, 4.69) is 15.0 Å². The van der Waals surface area contributed by atoms with Crippen LogP contribution in [-0.4, -0.2) is 24.1 Å². The molecular formula is C19H15F4N5. The molecule has 0 unspecified atom stereocenters. The number of aromatic nitrogens is 5. The van der Waals surface area contributed by atoms with Gasteiger partial charge in [-0.05, 0) is 37.3 Å². The molecule has 0 bridgehead atoms. The summed E-state index contributed by atoms with van der Waals surface area (Å²) in [6.45, 7) is 2.56. The minimum absolute atomic E-state index is 0.261. The number of halogens is 4. The van der Waals surface area contributed by atoms with Crippen LogP contribution in [0.15, 0.2) is 48.8 Å². The summed E-state index contributed by atoms with van der Waals surface area (Å²) in [6.07, 6.45) is -1.16. The molecular weight excluding hydrogens is 374 g/mol. The van der Waals surface area contributed by atoms with Crippen LogP contribution in [0.3, 0.4) is 0 Å². The van der Waals surface area contributed by atoms with Crippen LogP contribution in [0.25, 0.3) is 22.6 Å². The number of rotatable bonds is 4. The standard InChI is InChI=1S/C19H15F4N5/c1-2-28-15-10-12(19(21,22)23)6-7-13(15)26-17(28)11-27-9-8-24-18(27)14-4-3-5-16(20)25-14/h3-10H,2,11H2,1H3. The fraction of sp³-hybridized carbons (Fsp3) is 0.211. The van der Waals surface area contributed by atoms with E-state index in [0.717, 1.165) is 12.1 Å². The monoisotopic (exact) mass is 389 g/mol. The quantitative estimate of drug-likeness (QED) is 0.381. The third-order valence-electron chi connectivity index (χ3n) is 4.44. The molecule has 0 N–H and O–H groups in total. The van der Waals surface area contributed by atoms with Crippen molar-refractivity contribution in [2.75, 3.05) is 0 Å². The van der Waals surface area contributed by atoms with Gasteiger partial charge in [0.1, 0.15) is 11.5 Å². The Kier molecular flexibility index (Phi) is 4.37. The third kappa shape index (κ3) is 3.23. The Hall–Kier alpha value is -3.23. The first-order valence-corrected chi connectivity index (χ1v) is 8.57. The van der Waals surface area contributed by atoms with E-state index in [1.807, 2.05) is 6.92 Å². The van der Waals surface area contributed by atoms with E-state index in [9.17, 15) is 17.6 Å². The summed E-state index contributed by atoms with van der Waals surface area (Å²) in [7, 11) is 0. The summed E-state index contributed by atoms with van der Waals surface area (Å²) in [5.41, 5.74) is 0.546. The normalized spacial score (nSPS) is 12.0. The van der Waals surface area contributed by atoms with Crippen LogP contribution in [0.5, 0.6) is 0 Å². The highest BCUT2D eigenvalue weighted by atomic mass is 19.4. The van der Waals surface area contributed by atoms with Crippen molar-refractivity contribution in [2.45, 2.75) is 26.2 Å². The molecule has 0 atom stereocenters. The summed E-state index contributed by atoms with van der Waals surface area (Å²) in [5, 5.41) is 0. The topological polar surface area (TPSA) is 48.5 Å². The van der Waals surface area contributed by atoms with E-state index < -0.39 is 17.7 Å². The van der Waals surface area contributed by atoms with Gasteiger partial charge in [-0.2, -0.15) is 17.6 Å². The molecule has 4 aromatic rings. The molecule has 28 heavy (non-hydrogen) atoms. The van der Waals surface area contributed by atoms with Crippen molar-refractivity contribution in [3.05, 3.63) is 66.1 Å². The van der Waals surface area contributed by atoms with Crippen molar-refractivity contribution in [2.24, 2.45) is 0 Å². The molecule has 0 aliphatic rings. The average Bonchev–Trinajstić information content (AvgIpc) is 3.24. The van der Waals surface area contributed by atoms with Gasteiger partial charge in [-0.1, -0.05) is 6.07 Å². The first kappa shape index (κ1) is 18.1. The van der Waals surface area contributed by atoms with Gasteiger partial charge in [-0.25, -0.2) is 15.0 Å². The number of alkyl halides is 3. The second-order valence-electron chi connectivity index (χ2n) is 6.20. The highest BCUT2D eigenvalue weighted by Crippen LogP contribution is 2.32. The van der Waals surface area contributed by atoms with Gasteiger partial charge in [0.25, 0.3) is 0 Å². The Morgan fingerprint density at radius 1 is 1.07 bits per heavy atom. The Morgan fingerprint density at radius 3 is 2.61 bits per heavy atom. The zero-order chi connectivity index (χ0) is 19.9. The average molecular weight is 389 g/mol. The lowest BCUT2D eigenvalue weighted by Crippen LogP contribution is -2.09. The summed E-state index contributed by atoms with van der Waals surface area (Å²) >= 11 is 0. The molecule has 3 aromatic heterocycles. The smallest absolute Gasteiger partial charge is 0.327 e. The van der Waals surface area contributed by atoms with Gasteiger partial charge in [0.05, 0.1) is 23.1 Å². The fourth-order valence-electron chi connectivity index (χ4n) is 3.18. The summed E-state index contributed by atoms with van der Waals surface area (Å²) < 4.78 is 56.1. The predicted molar refractivity (Wildman–Crippen MR) is 94.9 cm³/mol. The van der Waals surface area contributed by atoms with Crippen molar-refractivity contribution in [3.8, 4) is 11.5 Å². The molecule has 9 heteroatoms. The van der Waals surface area contributed by atoms with Gasteiger partial charge < -0.3 is 9.13 Å². The second kappa shape index (κ2) is 6.74. The minimum atomic E-state index is -4.42. The number of pyridine rings is 1. The Morgan fingerprint density at radius 2 is 1.89 bits per heavy atom. The fourth-order valence-corrected chi connectivity index (χ4v) is 3.18. The molecule has 0 fully saturated rings. The number of imidazole rings is 2. The number of hydrogen-bond acceptors (Lipinski definition) is 3. The van der Waals surface area contributed by atoms with Crippen molar-refractivity contribution >= 4 is 11.0 Å². The molecule has 0 radical (unpaired) electrons. The first-order valence-electron chi connectivity index (χ1n) is 8.57. The minimum Gasteiger partial charge on any atom is -0.327 e. The van der Waals surface area contributed by atoms with E-state index in [0.29, 0.717) is 34.9 Å². The lowest BCUT2D eigenvalue weighted by Gasteiger charge is -2.10. The Balaban J connectivity index is 1.76. The van der Waals surface area contributed by atoms with E-state index in [-0.39, 0.29) is 6.54 Å². The molecule has 0 spiro atoms. The van der Waals surface area contributed by atoms with Crippen LogP contribution in [0.4, 0.5) is 17.6 Å².